The van der Waals surface area contributed by atoms with Crippen LogP contribution in [0.15, 0.2) is 51.8 Å². The molecule has 3 rings (SSSR count). The topological polar surface area (TPSA) is 99.2 Å². The number of esters is 2. The minimum Gasteiger partial charge on any atom is -0.493 e. The van der Waals surface area contributed by atoms with Gasteiger partial charge in [-0.2, -0.15) is 0 Å². The van der Waals surface area contributed by atoms with Crippen LogP contribution in [-0.2, 0) is 14.3 Å². The highest BCUT2D eigenvalue weighted by Crippen LogP contribution is 2.39. The number of amides is 2. The highest BCUT2D eigenvalue weighted by molar-refractivity contribution is 9.10. The minimum atomic E-state index is -0.662. The molecule has 0 bridgehead atoms. The number of ether oxygens (including phenoxy) is 3. The molecule has 0 radical (unpaired) electrons. The zero-order valence-corrected chi connectivity index (χ0v) is 19.5. The molecule has 0 spiro atoms. The summed E-state index contributed by atoms with van der Waals surface area (Å²) in [5, 5.41) is -0.561. The standard InChI is InChI=1S/C22H18BrNO7S/c1-3-30-18(25)12-24-20(26)17(32-22(24)28)11-13-9-15(23)19(16(10-13)29-2)31-21(27)14-7-5-4-6-8-14/h4-11H,3,12H2,1-2H3/b17-11-. The fourth-order valence-electron chi connectivity index (χ4n) is 2.77. The second-order valence-electron chi connectivity index (χ2n) is 6.36. The molecular formula is C22H18BrNO7S. The Morgan fingerprint density at radius 3 is 2.53 bits per heavy atom. The number of hydrogen-bond acceptors (Lipinski definition) is 8. The van der Waals surface area contributed by atoms with Crippen LogP contribution >= 0.6 is 27.7 Å². The van der Waals surface area contributed by atoms with Gasteiger partial charge in [0.25, 0.3) is 11.1 Å². The van der Waals surface area contributed by atoms with Gasteiger partial charge < -0.3 is 14.2 Å². The van der Waals surface area contributed by atoms with Crippen molar-refractivity contribution in [3.8, 4) is 11.5 Å². The van der Waals surface area contributed by atoms with Crippen molar-refractivity contribution in [1.29, 1.82) is 0 Å². The van der Waals surface area contributed by atoms with Gasteiger partial charge in [-0.15, -0.1) is 0 Å². The Hall–Kier alpha value is -3.11. The maximum atomic E-state index is 12.6. The number of halogens is 1. The maximum Gasteiger partial charge on any atom is 0.343 e. The molecule has 0 aromatic heterocycles. The molecule has 8 nitrogen and oxygen atoms in total. The van der Waals surface area contributed by atoms with E-state index in [2.05, 4.69) is 15.9 Å². The normalized spacial score (nSPS) is 14.6. The lowest BCUT2D eigenvalue weighted by Gasteiger charge is -2.13. The summed E-state index contributed by atoms with van der Waals surface area (Å²) in [6.07, 6.45) is 1.49. The number of thioether (sulfide) groups is 1. The van der Waals surface area contributed by atoms with Crippen LogP contribution in [0.4, 0.5) is 4.79 Å². The van der Waals surface area contributed by atoms with Crippen molar-refractivity contribution in [2.75, 3.05) is 20.3 Å². The van der Waals surface area contributed by atoms with Gasteiger partial charge in [-0.3, -0.25) is 19.3 Å². The molecular weight excluding hydrogens is 502 g/mol. The van der Waals surface area contributed by atoms with E-state index in [-0.39, 0.29) is 23.0 Å². The molecule has 0 aliphatic carbocycles. The van der Waals surface area contributed by atoms with E-state index in [4.69, 9.17) is 14.2 Å². The molecule has 1 aliphatic rings. The first-order chi connectivity index (χ1) is 15.3. The SMILES string of the molecule is CCOC(=O)CN1C(=O)S/C(=C\c2cc(Br)c(OC(=O)c3ccccc3)c(OC)c2)C1=O. The summed E-state index contributed by atoms with van der Waals surface area (Å²) < 4.78 is 16.0. The average molecular weight is 520 g/mol. The fourth-order valence-corrected chi connectivity index (χ4v) is 4.15. The van der Waals surface area contributed by atoms with Gasteiger partial charge >= 0.3 is 11.9 Å². The van der Waals surface area contributed by atoms with E-state index in [1.165, 1.54) is 13.2 Å². The van der Waals surface area contributed by atoms with E-state index >= 15 is 0 Å². The second kappa shape index (κ2) is 10.5. The number of imide groups is 1. The van der Waals surface area contributed by atoms with Crippen LogP contribution in [0, 0.1) is 0 Å². The van der Waals surface area contributed by atoms with Gasteiger partial charge in [0.15, 0.2) is 11.5 Å². The number of benzene rings is 2. The molecule has 1 heterocycles. The van der Waals surface area contributed by atoms with E-state index in [1.807, 2.05) is 0 Å². The fraction of sp³-hybridized carbons (Fsp3) is 0.182. The summed E-state index contributed by atoms with van der Waals surface area (Å²) in [7, 11) is 1.42. The van der Waals surface area contributed by atoms with Crippen LogP contribution in [0.5, 0.6) is 11.5 Å². The number of methoxy groups -OCH3 is 1. The molecule has 32 heavy (non-hydrogen) atoms. The van der Waals surface area contributed by atoms with Gasteiger partial charge in [-0.1, -0.05) is 18.2 Å². The molecule has 0 saturated carbocycles. The summed E-state index contributed by atoms with van der Waals surface area (Å²) in [4.78, 5) is 49.7. The zero-order valence-electron chi connectivity index (χ0n) is 17.1. The number of rotatable bonds is 7. The Morgan fingerprint density at radius 2 is 1.88 bits per heavy atom. The summed E-state index contributed by atoms with van der Waals surface area (Å²) in [5.74, 6) is -1.39. The van der Waals surface area contributed by atoms with Gasteiger partial charge in [0.2, 0.25) is 0 Å². The molecule has 10 heteroatoms. The van der Waals surface area contributed by atoms with Gasteiger partial charge in [0.1, 0.15) is 6.54 Å². The lowest BCUT2D eigenvalue weighted by Crippen LogP contribution is -2.34. The molecule has 2 amide bonds. The monoisotopic (exact) mass is 519 g/mol. The van der Waals surface area contributed by atoms with Crippen molar-refractivity contribution in [2.24, 2.45) is 0 Å². The molecule has 1 aliphatic heterocycles. The van der Waals surface area contributed by atoms with E-state index in [1.54, 1.807) is 49.4 Å². The summed E-state index contributed by atoms with van der Waals surface area (Å²) in [5.41, 5.74) is 0.899. The lowest BCUT2D eigenvalue weighted by molar-refractivity contribution is -0.145. The minimum absolute atomic E-state index is 0.141. The highest BCUT2D eigenvalue weighted by Gasteiger charge is 2.36. The zero-order chi connectivity index (χ0) is 23.3. The predicted octanol–water partition coefficient (Wildman–Crippen LogP) is 4.28. The largest absolute Gasteiger partial charge is 0.493 e. The Morgan fingerprint density at radius 1 is 1.16 bits per heavy atom. The van der Waals surface area contributed by atoms with Crippen molar-refractivity contribution < 1.29 is 33.4 Å². The summed E-state index contributed by atoms with van der Waals surface area (Å²) in [6.45, 7) is 1.34. The van der Waals surface area contributed by atoms with E-state index in [0.29, 0.717) is 15.6 Å². The molecule has 2 aromatic rings. The van der Waals surface area contributed by atoms with Crippen LogP contribution in [0.1, 0.15) is 22.8 Å². The van der Waals surface area contributed by atoms with E-state index in [0.717, 1.165) is 16.7 Å². The van der Waals surface area contributed by atoms with Crippen LogP contribution < -0.4 is 9.47 Å². The third-order valence-corrected chi connectivity index (χ3v) is 5.72. The Kier molecular flexibility index (Phi) is 7.70. The van der Waals surface area contributed by atoms with Gasteiger partial charge in [-0.25, -0.2) is 4.79 Å². The first kappa shape index (κ1) is 23.6. The first-order valence-corrected chi connectivity index (χ1v) is 11.0. The Balaban J connectivity index is 1.83. The van der Waals surface area contributed by atoms with Crippen LogP contribution in [0.25, 0.3) is 6.08 Å². The summed E-state index contributed by atoms with van der Waals surface area (Å²) >= 11 is 4.08. The molecule has 0 unspecified atom stereocenters. The highest BCUT2D eigenvalue weighted by atomic mass is 79.9. The first-order valence-electron chi connectivity index (χ1n) is 9.39. The van der Waals surface area contributed by atoms with Crippen molar-refractivity contribution in [1.82, 2.24) is 4.90 Å². The second-order valence-corrected chi connectivity index (χ2v) is 8.21. The van der Waals surface area contributed by atoms with Crippen LogP contribution in [0.2, 0.25) is 0 Å². The molecule has 1 saturated heterocycles. The number of carbonyl (C=O) groups excluding carboxylic acids is 4. The van der Waals surface area contributed by atoms with Crippen LogP contribution in [-0.4, -0.2) is 48.2 Å². The number of hydrogen-bond donors (Lipinski definition) is 0. The lowest BCUT2D eigenvalue weighted by atomic mass is 10.1. The van der Waals surface area contributed by atoms with E-state index in [9.17, 15) is 19.2 Å². The molecule has 1 fully saturated rings. The number of carbonyl (C=O) groups is 4. The van der Waals surface area contributed by atoms with Crippen molar-refractivity contribution >= 4 is 56.9 Å². The predicted molar refractivity (Wildman–Crippen MR) is 121 cm³/mol. The quantitative estimate of drug-likeness (QED) is 0.303. The third kappa shape index (κ3) is 5.38. The molecule has 166 valence electrons. The summed E-state index contributed by atoms with van der Waals surface area (Å²) in [6, 6.07) is 11.7. The molecule has 2 aromatic carbocycles. The average Bonchev–Trinajstić information content (AvgIpc) is 3.03. The van der Waals surface area contributed by atoms with Gasteiger partial charge in [0.05, 0.1) is 28.7 Å². The smallest absolute Gasteiger partial charge is 0.343 e. The third-order valence-electron chi connectivity index (χ3n) is 4.22. The van der Waals surface area contributed by atoms with Crippen molar-refractivity contribution in [3.63, 3.8) is 0 Å². The number of nitrogens with zero attached hydrogens (tertiary/aromatic N) is 1. The molecule has 0 N–H and O–H groups in total. The molecule has 0 atom stereocenters. The van der Waals surface area contributed by atoms with Crippen molar-refractivity contribution in [2.45, 2.75) is 6.92 Å². The van der Waals surface area contributed by atoms with Gasteiger partial charge in [0, 0.05) is 0 Å². The van der Waals surface area contributed by atoms with E-state index < -0.39 is 29.6 Å². The maximum absolute atomic E-state index is 12.6. The van der Waals surface area contributed by atoms with Crippen LogP contribution in [0.3, 0.4) is 0 Å². The van der Waals surface area contributed by atoms with Crippen molar-refractivity contribution in [3.05, 3.63) is 63.0 Å². The van der Waals surface area contributed by atoms with Gasteiger partial charge in [-0.05, 0) is 70.5 Å². The Bertz CT molecular complexity index is 1100. The Labute approximate surface area is 196 Å².